The van der Waals surface area contributed by atoms with Crippen LogP contribution in [0.4, 0.5) is 0 Å². The lowest BCUT2D eigenvalue weighted by Crippen LogP contribution is -2.11. The molecule has 5 nitrogen and oxygen atoms in total. The highest BCUT2D eigenvalue weighted by Crippen LogP contribution is 2.07. The maximum Gasteiger partial charge on any atom is 0.379 e. The van der Waals surface area contributed by atoms with Crippen molar-refractivity contribution in [3.05, 3.63) is 11.6 Å². The topological polar surface area (TPSA) is 72.8 Å². The van der Waals surface area contributed by atoms with Gasteiger partial charge in [0.05, 0.1) is 0 Å². The summed E-state index contributed by atoms with van der Waals surface area (Å²) < 4.78 is 4.34. The normalized spacial score (nSPS) is 16.1. The number of hydrogen-bond donors (Lipinski definition) is 1. The average Bonchev–Trinajstić information content (AvgIpc) is 2.34. The van der Waals surface area contributed by atoms with Gasteiger partial charge in [0, 0.05) is 0 Å². The third-order valence-corrected chi connectivity index (χ3v) is 1.02. The van der Waals surface area contributed by atoms with Gasteiger partial charge >= 0.3 is 11.9 Å². The van der Waals surface area contributed by atoms with Crippen molar-refractivity contribution >= 4 is 11.9 Å². The zero-order chi connectivity index (χ0) is 7.56. The summed E-state index contributed by atoms with van der Waals surface area (Å²) in [6, 6.07) is 0. The van der Waals surface area contributed by atoms with Crippen LogP contribution in [0.5, 0.6) is 0 Å². The van der Waals surface area contributed by atoms with Crippen LogP contribution in [0.2, 0.25) is 0 Å². The second kappa shape index (κ2) is 2.49. The third kappa shape index (κ3) is 0.985. The lowest BCUT2D eigenvalue weighted by atomic mass is 10.3. The molecule has 0 aliphatic carbocycles. The Balaban J connectivity index is 2.72. The summed E-state index contributed by atoms with van der Waals surface area (Å²) in [5.41, 5.74) is -0.262. The van der Waals surface area contributed by atoms with Crippen molar-refractivity contribution in [2.75, 3.05) is 6.61 Å². The molecular weight excluding hydrogens is 140 g/mol. The third-order valence-electron chi connectivity index (χ3n) is 1.02. The Morgan fingerprint density at radius 2 is 2.50 bits per heavy atom. The first-order valence-electron chi connectivity index (χ1n) is 2.48. The summed E-state index contributed by atoms with van der Waals surface area (Å²) in [5, 5.41) is 7.81. The molecule has 1 N–H and O–H groups in total. The number of rotatable bonds is 1. The van der Waals surface area contributed by atoms with Gasteiger partial charge in [0.1, 0.15) is 12.2 Å². The molecule has 0 bridgehead atoms. The van der Waals surface area contributed by atoms with Crippen molar-refractivity contribution in [2.24, 2.45) is 0 Å². The monoisotopic (exact) mass is 144 g/mol. The molecule has 5 heteroatoms. The molecule has 1 aliphatic heterocycles. The van der Waals surface area contributed by atoms with E-state index in [9.17, 15) is 9.59 Å². The van der Waals surface area contributed by atoms with E-state index in [2.05, 4.69) is 9.62 Å². The molecule has 0 saturated heterocycles. The SMILES string of the molecule is O=C(OO)C1=CCOC1=O. The van der Waals surface area contributed by atoms with Crippen LogP contribution in [0.15, 0.2) is 11.6 Å². The fourth-order valence-corrected chi connectivity index (χ4v) is 0.578. The molecule has 0 fully saturated rings. The van der Waals surface area contributed by atoms with Gasteiger partial charge in [-0.05, 0) is 6.08 Å². The molecule has 0 amide bonds. The first kappa shape index (κ1) is 6.76. The predicted molar refractivity (Wildman–Crippen MR) is 27.8 cm³/mol. The average molecular weight is 144 g/mol. The maximum absolute atomic E-state index is 10.5. The fraction of sp³-hybridized carbons (Fsp3) is 0.200. The molecule has 0 spiro atoms. The van der Waals surface area contributed by atoms with Crippen LogP contribution in [-0.4, -0.2) is 23.8 Å². The summed E-state index contributed by atoms with van der Waals surface area (Å²) in [7, 11) is 0. The summed E-state index contributed by atoms with van der Waals surface area (Å²) in [6.45, 7) is 0.0588. The molecular formula is C5H4O5. The van der Waals surface area contributed by atoms with E-state index in [0.29, 0.717) is 0 Å². The van der Waals surface area contributed by atoms with Crippen molar-refractivity contribution in [2.45, 2.75) is 0 Å². The highest BCUT2D eigenvalue weighted by atomic mass is 17.1. The van der Waals surface area contributed by atoms with E-state index in [1.54, 1.807) is 0 Å². The van der Waals surface area contributed by atoms with E-state index >= 15 is 0 Å². The van der Waals surface area contributed by atoms with Crippen LogP contribution in [0.25, 0.3) is 0 Å². The Morgan fingerprint density at radius 3 is 2.90 bits per heavy atom. The lowest BCUT2D eigenvalue weighted by molar-refractivity contribution is -0.229. The Kier molecular flexibility index (Phi) is 1.68. The lowest BCUT2D eigenvalue weighted by Gasteiger charge is -1.92. The minimum atomic E-state index is -1.08. The fourth-order valence-electron chi connectivity index (χ4n) is 0.578. The summed E-state index contributed by atoms with van der Waals surface area (Å²) in [5.74, 6) is -1.85. The van der Waals surface area contributed by atoms with Crippen molar-refractivity contribution in [1.82, 2.24) is 0 Å². The number of ether oxygens (including phenoxy) is 1. The zero-order valence-electron chi connectivity index (χ0n) is 4.86. The van der Waals surface area contributed by atoms with Crippen LogP contribution in [0.3, 0.4) is 0 Å². The highest BCUT2D eigenvalue weighted by Gasteiger charge is 2.25. The summed E-state index contributed by atoms with van der Waals surface area (Å²) in [6.07, 6.45) is 1.24. The smallest absolute Gasteiger partial charge is 0.379 e. The van der Waals surface area contributed by atoms with E-state index in [1.807, 2.05) is 0 Å². The number of carbonyl (C=O) groups is 2. The van der Waals surface area contributed by atoms with E-state index in [4.69, 9.17) is 5.26 Å². The molecule has 0 atom stereocenters. The first-order valence-corrected chi connectivity index (χ1v) is 2.48. The molecule has 1 rings (SSSR count). The summed E-state index contributed by atoms with van der Waals surface area (Å²) >= 11 is 0. The van der Waals surface area contributed by atoms with Crippen molar-refractivity contribution < 1.29 is 24.5 Å². The first-order chi connectivity index (χ1) is 4.75. The number of hydrogen-bond acceptors (Lipinski definition) is 5. The Bertz CT molecular complexity index is 204. The minimum absolute atomic E-state index is 0.0588. The van der Waals surface area contributed by atoms with Crippen molar-refractivity contribution in [1.29, 1.82) is 0 Å². The van der Waals surface area contributed by atoms with Crippen LogP contribution in [0, 0.1) is 0 Å². The van der Waals surface area contributed by atoms with Crippen LogP contribution >= 0.6 is 0 Å². The molecule has 0 aromatic rings. The highest BCUT2D eigenvalue weighted by molar-refractivity contribution is 6.14. The molecule has 0 saturated carbocycles. The molecule has 0 radical (unpaired) electrons. The molecule has 1 aliphatic rings. The molecule has 0 aromatic heterocycles. The van der Waals surface area contributed by atoms with Crippen molar-refractivity contribution in [3.8, 4) is 0 Å². The van der Waals surface area contributed by atoms with Gasteiger partial charge in [0.2, 0.25) is 0 Å². The largest absolute Gasteiger partial charge is 0.458 e. The Labute approximate surface area is 55.8 Å². The molecule has 0 unspecified atom stereocenters. The molecule has 10 heavy (non-hydrogen) atoms. The Hall–Kier alpha value is -1.36. The van der Waals surface area contributed by atoms with Gasteiger partial charge in [-0.1, -0.05) is 0 Å². The number of carbonyl (C=O) groups excluding carboxylic acids is 2. The van der Waals surface area contributed by atoms with Gasteiger partial charge in [-0.25, -0.2) is 9.59 Å². The van der Waals surface area contributed by atoms with Gasteiger partial charge in [-0.15, -0.1) is 0 Å². The van der Waals surface area contributed by atoms with E-state index in [1.165, 1.54) is 6.08 Å². The number of cyclic esters (lactones) is 1. The van der Waals surface area contributed by atoms with Crippen LogP contribution in [0.1, 0.15) is 0 Å². The van der Waals surface area contributed by atoms with Gasteiger partial charge in [-0.3, -0.25) is 4.89 Å². The second-order valence-electron chi connectivity index (χ2n) is 1.60. The maximum atomic E-state index is 10.5. The zero-order valence-corrected chi connectivity index (χ0v) is 4.86. The molecule has 54 valence electrons. The van der Waals surface area contributed by atoms with E-state index in [-0.39, 0.29) is 12.2 Å². The van der Waals surface area contributed by atoms with Crippen LogP contribution < -0.4 is 0 Å². The van der Waals surface area contributed by atoms with Gasteiger partial charge < -0.3 is 4.74 Å². The Morgan fingerprint density at radius 1 is 1.80 bits per heavy atom. The van der Waals surface area contributed by atoms with E-state index in [0.717, 1.165) is 0 Å². The molecule has 0 aromatic carbocycles. The van der Waals surface area contributed by atoms with Gasteiger partial charge in [0.25, 0.3) is 0 Å². The quantitative estimate of drug-likeness (QED) is 0.232. The molecule has 1 heterocycles. The second-order valence-corrected chi connectivity index (χ2v) is 1.60. The van der Waals surface area contributed by atoms with Gasteiger partial charge in [0.15, 0.2) is 0 Å². The van der Waals surface area contributed by atoms with Crippen LogP contribution in [-0.2, 0) is 19.2 Å². The predicted octanol–water partition coefficient (Wildman–Crippen LogP) is -0.514. The van der Waals surface area contributed by atoms with Gasteiger partial charge in [-0.2, -0.15) is 5.26 Å². The van der Waals surface area contributed by atoms with E-state index < -0.39 is 11.9 Å². The summed E-state index contributed by atoms with van der Waals surface area (Å²) in [4.78, 5) is 24.2. The van der Waals surface area contributed by atoms with Crippen molar-refractivity contribution in [3.63, 3.8) is 0 Å². The standard InChI is InChI=1S/C5H4O5/c6-4-3(1-2-9-4)5(7)10-8/h1,8H,2H2. The minimum Gasteiger partial charge on any atom is -0.458 e. The number of esters is 1.